The SMILES string of the molecule is Cc1ccc(C(=O)CCC2CCC(c3ccccc3C(F)(F)F)CC2)cc1C(F)(F)F. The van der Waals surface area contributed by atoms with Gasteiger partial charge in [0.2, 0.25) is 0 Å². The normalized spacial score (nSPS) is 20.0. The summed E-state index contributed by atoms with van der Waals surface area (Å²) in [5.74, 6) is -0.322. The Balaban J connectivity index is 1.58. The van der Waals surface area contributed by atoms with Crippen LogP contribution in [0.1, 0.15) is 77.1 Å². The molecule has 0 bridgehead atoms. The van der Waals surface area contributed by atoms with E-state index in [1.54, 1.807) is 6.07 Å². The molecule has 168 valence electrons. The number of carbonyl (C=O) groups excluding carboxylic acids is 1. The van der Waals surface area contributed by atoms with Crippen molar-refractivity contribution in [1.82, 2.24) is 0 Å². The lowest BCUT2D eigenvalue weighted by molar-refractivity contribution is -0.139. The number of alkyl halides is 6. The molecule has 3 rings (SSSR count). The minimum absolute atomic E-state index is 0.0470. The van der Waals surface area contributed by atoms with E-state index in [4.69, 9.17) is 0 Å². The Bertz CT molecular complexity index is 920. The zero-order chi connectivity index (χ0) is 22.8. The van der Waals surface area contributed by atoms with Crippen molar-refractivity contribution in [2.24, 2.45) is 5.92 Å². The highest BCUT2D eigenvalue weighted by molar-refractivity contribution is 5.96. The number of carbonyl (C=O) groups is 1. The Kier molecular flexibility index (Phi) is 6.82. The third kappa shape index (κ3) is 5.69. The van der Waals surface area contributed by atoms with Crippen LogP contribution in [-0.2, 0) is 12.4 Å². The smallest absolute Gasteiger partial charge is 0.294 e. The quantitative estimate of drug-likeness (QED) is 0.339. The standard InChI is InChI=1S/C24H24F6O/c1-15-6-10-18(14-21(15)24(28,29)30)22(31)13-9-16-7-11-17(12-8-16)19-4-2-3-5-20(19)23(25,26)27/h2-6,10,14,16-17H,7-9,11-13H2,1H3. The first-order chi connectivity index (χ1) is 14.5. The molecule has 0 aliphatic heterocycles. The van der Waals surface area contributed by atoms with Crippen molar-refractivity contribution in [3.63, 3.8) is 0 Å². The molecule has 1 fully saturated rings. The Hall–Kier alpha value is -2.31. The molecule has 1 aliphatic carbocycles. The van der Waals surface area contributed by atoms with E-state index in [9.17, 15) is 31.1 Å². The first kappa shape index (κ1) is 23.4. The molecule has 0 atom stereocenters. The number of Topliss-reactive ketones (excluding diaryl/α,β-unsaturated/α-hetero) is 1. The molecule has 0 heterocycles. The third-order valence-corrected chi connectivity index (χ3v) is 6.20. The molecule has 0 radical (unpaired) electrons. The second kappa shape index (κ2) is 9.05. The van der Waals surface area contributed by atoms with Gasteiger partial charge in [0.25, 0.3) is 0 Å². The number of aryl methyl sites for hydroxylation is 1. The van der Waals surface area contributed by atoms with E-state index in [0.29, 0.717) is 37.7 Å². The number of halogens is 6. The summed E-state index contributed by atoms with van der Waals surface area (Å²) in [6.07, 6.45) is -5.62. The first-order valence-electron chi connectivity index (χ1n) is 10.3. The van der Waals surface area contributed by atoms with E-state index in [-0.39, 0.29) is 35.2 Å². The monoisotopic (exact) mass is 442 g/mol. The predicted octanol–water partition coefficient (Wildman–Crippen LogP) is 7.97. The summed E-state index contributed by atoms with van der Waals surface area (Å²) in [5.41, 5.74) is -0.952. The summed E-state index contributed by atoms with van der Waals surface area (Å²) in [4.78, 5) is 12.4. The van der Waals surface area contributed by atoms with Gasteiger partial charge in [0.1, 0.15) is 0 Å². The molecule has 0 amide bonds. The van der Waals surface area contributed by atoms with Gasteiger partial charge in [-0.2, -0.15) is 26.3 Å². The van der Waals surface area contributed by atoms with E-state index < -0.39 is 23.5 Å². The predicted molar refractivity (Wildman–Crippen MR) is 106 cm³/mol. The molecule has 31 heavy (non-hydrogen) atoms. The molecule has 1 aliphatic rings. The van der Waals surface area contributed by atoms with Crippen molar-refractivity contribution in [2.45, 2.75) is 63.7 Å². The van der Waals surface area contributed by atoms with Crippen molar-refractivity contribution in [2.75, 3.05) is 0 Å². The average molecular weight is 442 g/mol. The van der Waals surface area contributed by atoms with Gasteiger partial charge < -0.3 is 0 Å². The Morgan fingerprint density at radius 2 is 1.48 bits per heavy atom. The average Bonchev–Trinajstić information content (AvgIpc) is 2.71. The summed E-state index contributed by atoms with van der Waals surface area (Å²) in [7, 11) is 0. The number of ketones is 1. The third-order valence-electron chi connectivity index (χ3n) is 6.20. The molecule has 0 N–H and O–H groups in total. The lowest BCUT2D eigenvalue weighted by Gasteiger charge is -2.30. The summed E-state index contributed by atoms with van der Waals surface area (Å²) >= 11 is 0. The van der Waals surface area contributed by atoms with E-state index in [0.717, 1.165) is 12.1 Å². The highest BCUT2D eigenvalue weighted by Crippen LogP contribution is 2.42. The van der Waals surface area contributed by atoms with Gasteiger partial charge in [0.15, 0.2) is 5.78 Å². The van der Waals surface area contributed by atoms with Gasteiger partial charge in [0.05, 0.1) is 11.1 Å². The van der Waals surface area contributed by atoms with Gasteiger partial charge >= 0.3 is 12.4 Å². The molecule has 0 spiro atoms. The Labute approximate surface area is 177 Å². The minimum atomic E-state index is -4.51. The van der Waals surface area contributed by atoms with Crippen molar-refractivity contribution < 1.29 is 31.1 Å². The maximum absolute atomic E-state index is 13.3. The van der Waals surface area contributed by atoms with Gasteiger partial charge in [-0.15, -0.1) is 0 Å². The summed E-state index contributed by atoms with van der Waals surface area (Å²) in [6.45, 7) is 1.35. The Morgan fingerprint density at radius 3 is 2.10 bits per heavy atom. The zero-order valence-corrected chi connectivity index (χ0v) is 17.1. The lowest BCUT2D eigenvalue weighted by Crippen LogP contribution is -2.18. The van der Waals surface area contributed by atoms with E-state index >= 15 is 0 Å². The van der Waals surface area contributed by atoms with Crippen LogP contribution in [0.5, 0.6) is 0 Å². The molecular weight excluding hydrogens is 418 g/mol. The topological polar surface area (TPSA) is 17.1 Å². The lowest BCUT2D eigenvalue weighted by atomic mass is 9.76. The van der Waals surface area contributed by atoms with Crippen LogP contribution in [0.4, 0.5) is 26.3 Å². The van der Waals surface area contributed by atoms with Crippen molar-refractivity contribution in [3.8, 4) is 0 Å². The molecule has 0 unspecified atom stereocenters. The van der Waals surface area contributed by atoms with Crippen LogP contribution < -0.4 is 0 Å². The Morgan fingerprint density at radius 1 is 0.871 bits per heavy atom. The highest BCUT2D eigenvalue weighted by Gasteiger charge is 2.36. The maximum Gasteiger partial charge on any atom is 0.416 e. The zero-order valence-electron chi connectivity index (χ0n) is 17.1. The molecule has 1 saturated carbocycles. The molecule has 0 saturated heterocycles. The second-order valence-corrected chi connectivity index (χ2v) is 8.29. The minimum Gasteiger partial charge on any atom is -0.294 e. The maximum atomic E-state index is 13.3. The molecular formula is C24H24F6O. The van der Waals surface area contributed by atoms with Crippen molar-refractivity contribution in [3.05, 3.63) is 70.3 Å². The fraction of sp³-hybridized carbons (Fsp3) is 0.458. The van der Waals surface area contributed by atoms with Gasteiger partial charge in [-0.05, 0) is 74.1 Å². The second-order valence-electron chi connectivity index (χ2n) is 8.29. The van der Waals surface area contributed by atoms with Crippen LogP contribution in [0.15, 0.2) is 42.5 Å². The first-order valence-corrected chi connectivity index (χ1v) is 10.3. The molecule has 7 heteroatoms. The van der Waals surface area contributed by atoms with E-state index in [1.165, 1.54) is 31.2 Å². The number of hydrogen-bond donors (Lipinski definition) is 0. The van der Waals surface area contributed by atoms with Crippen LogP contribution in [0, 0.1) is 12.8 Å². The molecule has 1 nitrogen and oxygen atoms in total. The van der Waals surface area contributed by atoms with Crippen LogP contribution >= 0.6 is 0 Å². The summed E-state index contributed by atoms with van der Waals surface area (Å²) in [6, 6.07) is 9.27. The van der Waals surface area contributed by atoms with Crippen molar-refractivity contribution >= 4 is 5.78 Å². The fourth-order valence-corrected chi connectivity index (χ4v) is 4.45. The molecule has 0 aromatic heterocycles. The summed E-state index contributed by atoms with van der Waals surface area (Å²) < 4.78 is 79.0. The van der Waals surface area contributed by atoms with Crippen LogP contribution in [-0.4, -0.2) is 5.78 Å². The van der Waals surface area contributed by atoms with Gasteiger partial charge in [-0.1, -0.05) is 30.3 Å². The molecule has 2 aromatic rings. The van der Waals surface area contributed by atoms with Gasteiger partial charge in [0, 0.05) is 12.0 Å². The van der Waals surface area contributed by atoms with Gasteiger partial charge in [-0.25, -0.2) is 0 Å². The molecule has 2 aromatic carbocycles. The van der Waals surface area contributed by atoms with Crippen LogP contribution in [0.2, 0.25) is 0 Å². The van der Waals surface area contributed by atoms with Crippen molar-refractivity contribution in [1.29, 1.82) is 0 Å². The largest absolute Gasteiger partial charge is 0.416 e. The van der Waals surface area contributed by atoms with Crippen LogP contribution in [0.25, 0.3) is 0 Å². The number of benzene rings is 2. The number of rotatable bonds is 5. The van der Waals surface area contributed by atoms with Gasteiger partial charge in [-0.3, -0.25) is 4.79 Å². The highest BCUT2D eigenvalue weighted by atomic mass is 19.4. The summed E-state index contributed by atoms with van der Waals surface area (Å²) in [5, 5.41) is 0. The van der Waals surface area contributed by atoms with E-state index in [1.807, 2.05) is 0 Å². The number of hydrogen-bond acceptors (Lipinski definition) is 1. The fourth-order valence-electron chi connectivity index (χ4n) is 4.45. The van der Waals surface area contributed by atoms with Crippen LogP contribution in [0.3, 0.4) is 0 Å². The van der Waals surface area contributed by atoms with E-state index in [2.05, 4.69) is 0 Å².